The van der Waals surface area contributed by atoms with Crippen LogP contribution in [0, 0.1) is 0 Å². The van der Waals surface area contributed by atoms with Crippen LogP contribution >= 0.6 is 11.8 Å². The molecule has 0 bridgehead atoms. The van der Waals surface area contributed by atoms with Crippen molar-refractivity contribution in [1.82, 2.24) is 9.62 Å². The van der Waals surface area contributed by atoms with Crippen LogP contribution in [0.1, 0.15) is 31.7 Å². The molecule has 30 heavy (non-hydrogen) atoms. The first-order valence-corrected chi connectivity index (χ1v) is 13.1. The van der Waals surface area contributed by atoms with Crippen molar-refractivity contribution in [2.75, 3.05) is 31.1 Å². The average Bonchev–Trinajstić information content (AvgIpc) is 2.80. The van der Waals surface area contributed by atoms with E-state index in [2.05, 4.69) is 17.4 Å². The van der Waals surface area contributed by atoms with E-state index < -0.39 is 15.4 Å². The van der Waals surface area contributed by atoms with Gasteiger partial charge in [-0.25, -0.2) is 12.7 Å². The number of rotatable bonds is 9. The molecule has 0 atom stereocenters. The summed E-state index contributed by atoms with van der Waals surface area (Å²) in [5.41, 5.74) is 0.294. The van der Waals surface area contributed by atoms with Gasteiger partial charge in [-0.1, -0.05) is 48.5 Å². The fourth-order valence-corrected chi connectivity index (χ4v) is 5.86. The van der Waals surface area contributed by atoms with Gasteiger partial charge in [0.15, 0.2) is 0 Å². The minimum Gasteiger partial charge on any atom is -0.355 e. The molecule has 0 unspecified atom stereocenters. The number of thioether (sulfide) groups is 1. The zero-order valence-corrected chi connectivity index (χ0v) is 19.1. The maximum absolute atomic E-state index is 13.3. The second-order valence-electron chi connectivity index (χ2n) is 7.52. The molecule has 7 heteroatoms. The lowest BCUT2D eigenvalue weighted by atomic mass is 9.72. The third-order valence-corrected chi connectivity index (χ3v) is 8.69. The fourth-order valence-electron chi connectivity index (χ4n) is 3.88. The van der Waals surface area contributed by atoms with Gasteiger partial charge in [0, 0.05) is 24.5 Å². The molecule has 1 amide bonds. The van der Waals surface area contributed by atoms with Gasteiger partial charge in [-0.3, -0.25) is 4.79 Å². The van der Waals surface area contributed by atoms with E-state index >= 15 is 0 Å². The monoisotopic (exact) mass is 446 g/mol. The number of sulfonamides is 1. The number of amides is 1. The molecule has 0 saturated carbocycles. The van der Waals surface area contributed by atoms with Gasteiger partial charge in [-0.2, -0.15) is 0 Å². The lowest BCUT2D eigenvalue weighted by Crippen LogP contribution is -2.53. The van der Waals surface area contributed by atoms with Crippen molar-refractivity contribution >= 4 is 27.7 Å². The number of nitrogens with zero attached hydrogens (tertiary/aromatic N) is 1. The summed E-state index contributed by atoms with van der Waals surface area (Å²) in [5.74, 6) is 1.04. The van der Waals surface area contributed by atoms with Gasteiger partial charge in [-0.15, -0.1) is 11.8 Å². The van der Waals surface area contributed by atoms with E-state index in [4.69, 9.17) is 0 Å². The Balaban J connectivity index is 1.61. The van der Waals surface area contributed by atoms with E-state index in [0.29, 0.717) is 32.5 Å². The number of carbonyl (C=O) groups is 1. The van der Waals surface area contributed by atoms with Gasteiger partial charge in [0.1, 0.15) is 0 Å². The van der Waals surface area contributed by atoms with Crippen LogP contribution in [-0.2, 0) is 20.2 Å². The first-order valence-electron chi connectivity index (χ1n) is 10.5. The van der Waals surface area contributed by atoms with Crippen molar-refractivity contribution in [2.45, 2.75) is 36.5 Å². The summed E-state index contributed by atoms with van der Waals surface area (Å²) < 4.78 is 26.0. The summed E-state index contributed by atoms with van der Waals surface area (Å²) in [7, 11) is -3.23. The maximum Gasteiger partial charge on any atom is 0.230 e. The van der Waals surface area contributed by atoms with E-state index in [1.54, 1.807) is 18.7 Å². The number of carbonyl (C=O) groups excluding carboxylic acids is 1. The molecule has 2 aromatic carbocycles. The molecule has 0 radical (unpaired) electrons. The van der Waals surface area contributed by atoms with Crippen LogP contribution in [0.5, 0.6) is 0 Å². The highest BCUT2D eigenvalue weighted by Crippen LogP contribution is 2.36. The van der Waals surface area contributed by atoms with E-state index in [1.807, 2.05) is 48.5 Å². The van der Waals surface area contributed by atoms with Gasteiger partial charge in [-0.05, 0) is 49.6 Å². The Morgan fingerprint density at radius 1 is 1.03 bits per heavy atom. The quantitative estimate of drug-likeness (QED) is 0.471. The number of benzene rings is 2. The first-order chi connectivity index (χ1) is 14.5. The first kappa shape index (κ1) is 22.8. The van der Waals surface area contributed by atoms with Crippen molar-refractivity contribution in [2.24, 2.45) is 0 Å². The maximum atomic E-state index is 13.3. The summed E-state index contributed by atoms with van der Waals surface area (Å²) >= 11 is 1.78. The second-order valence-corrected chi connectivity index (χ2v) is 10.9. The van der Waals surface area contributed by atoms with Gasteiger partial charge in [0.05, 0.1) is 11.2 Å². The standard InChI is InChI=1S/C23H30N2O3S2/c1-2-30(27,28)25-17-14-23(15-18-25,20-10-5-3-6-11-20)22(26)24-16-9-19-29-21-12-7-4-8-13-21/h3-8,10-13H,2,9,14-19H2,1H3,(H,24,26). The SMILES string of the molecule is CCS(=O)(=O)N1CCC(C(=O)NCCCSc2ccccc2)(c2ccccc2)CC1. The van der Waals surface area contributed by atoms with Crippen molar-refractivity contribution in [3.8, 4) is 0 Å². The van der Waals surface area contributed by atoms with Crippen LogP contribution in [0.2, 0.25) is 0 Å². The van der Waals surface area contributed by atoms with Crippen molar-refractivity contribution < 1.29 is 13.2 Å². The molecule has 0 spiro atoms. The van der Waals surface area contributed by atoms with Gasteiger partial charge in [0.2, 0.25) is 15.9 Å². The van der Waals surface area contributed by atoms with E-state index in [9.17, 15) is 13.2 Å². The number of hydrogen-bond donors (Lipinski definition) is 1. The molecule has 5 nitrogen and oxygen atoms in total. The Bertz CT molecular complexity index is 910. The van der Waals surface area contributed by atoms with Crippen LogP contribution in [0.3, 0.4) is 0 Å². The number of hydrogen-bond acceptors (Lipinski definition) is 4. The Morgan fingerprint density at radius 3 is 2.23 bits per heavy atom. The topological polar surface area (TPSA) is 66.5 Å². The van der Waals surface area contributed by atoms with Crippen molar-refractivity contribution in [3.05, 3.63) is 66.2 Å². The minimum atomic E-state index is -3.23. The van der Waals surface area contributed by atoms with E-state index in [-0.39, 0.29) is 11.7 Å². The molecular formula is C23H30N2O3S2. The highest BCUT2D eigenvalue weighted by molar-refractivity contribution is 7.99. The normalized spacial score (nSPS) is 16.8. The molecule has 1 N–H and O–H groups in total. The zero-order valence-electron chi connectivity index (χ0n) is 17.4. The summed E-state index contributed by atoms with van der Waals surface area (Å²) in [6, 6.07) is 20.0. The molecule has 1 fully saturated rings. The van der Waals surface area contributed by atoms with Crippen molar-refractivity contribution in [3.63, 3.8) is 0 Å². The predicted molar refractivity (Wildman–Crippen MR) is 123 cm³/mol. The summed E-state index contributed by atoms with van der Waals surface area (Å²) in [4.78, 5) is 14.5. The lowest BCUT2D eigenvalue weighted by Gasteiger charge is -2.40. The molecule has 0 aromatic heterocycles. The molecule has 3 rings (SSSR count). The van der Waals surface area contributed by atoms with Crippen LogP contribution in [-0.4, -0.2) is 49.8 Å². The van der Waals surface area contributed by atoms with Crippen molar-refractivity contribution in [1.29, 1.82) is 0 Å². The summed E-state index contributed by atoms with van der Waals surface area (Å²) in [5, 5.41) is 3.13. The van der Waals surface area contributed by atoms with Gasteiger partial charge >= 0.3 is 0 Å². The highest BCUT2D eigenvalue weighted by atomic mass is 32.2. The lowest BCUT2D eigenvalue weighted by molar-refractivity contribution is -0.128. The largest absolute Gasteiger partial charge is 0.355 e. The number of nitrogens with one attached hydrogen (secondary N) is 1. The third kappa shape index (κ3) is 5.45. The van der Waals surface area contributed by atoms with Crippen LogP contribution in [0.25, 0.3) is 0 Å². The molecule has 2 aromatic rings. The minimum absolute atomic E-state index is 0.00644. The zero-order chi connectivity index (χ0) is 21.5. The van der Waals surface area contributed by atoms with Crippen LogP contribution < -0.4 is 5.32 Å². The molecule has 1 heterocycles. The van der Waals surface area contributed by atoms with Gasteiger partial charge < -0.3 is 5.32 Å². The molecule has 1 aliphatic rings. The van der Waals surface area contributed by atoms with Crippen LogP contribution in [0.4, 0.5) is 0 Å². The smallest absolute Gasteiger partial charge is 0.230 e. The van der Waals surface area contributed by atoms with E-state index in [1.165, 1.54) is 9.20 Å². The molecular weight excluding hydrogens is 416 g/mol. The molecule has 162 valence electrons. The Labute approximate surface area is 184 Å². The Hall–Kier alpha value is -1.83. The molecule has 1 saturated heterocycles. The Kier molecular flexibility index (Phi) is 7.97. The third-order valence-electron chi connectivity index (χ3n) is 5.71. The second kappa shape index (κ2) is 10.5. The van der Waals surface area contributed by atoms with Gasteiger partial charge in [0.25, 0.3) is 0 Å². The summed E-state index contributed by atoms with van der Waals surface area (Å²) in [6.45, 7) is 3.03. The number of piperidine rings is 1. The van der Waals surface area contributed by atoms with E-state index in [0.717, 1.165) is 17.7 Å². The predicted octanol–water partition coefficient (Wildman–Crippen LogP) is 3.67. The molecule has 0 aliphatic carbocycles. The highest BCUT2D eigenvalue weighted by Gasteiger charge is 2.44. The average molecular weight is 447 g/mol. The van der Waals surface area contributed by atoms with Crippen LogP contribution in [0.15, 0.2) is 65.6 Å². The summed E-state index contributed by atoms with van der Waals surface area (Å²) in [6.07, 6.45) is 1.88. The fraction of sp³-hybridized carbons (Fsp3) is 0.435. The molecule has 1 aliphatic heterocycles. The Morgan fingerprint density at radius 2 is 1.63 bits per heavy atom.